The fourth-order valence-corrected chi connectivity index (χ4v) is 3.76. The summed E-state index contributed by atoms with van der Waals surface area (Å²) in [5.74, 6) is -0.167. The van der Waals surface area contributed by atoms with E-state index in [9.17, 15) is 9.59 Å². The molecule has 0 spiro atoms. The number of piperidine rings is 1. The molecule has 6 nitrogen and oxygen atoms in total. The molecular weight excluding hydrogens is 376 g/mol. The van der Waals surface area contributed by atoms with Gasteiger partial charge in [0.2, 0.25) is 5.91 Å². The second-order valence-corrected chi connectivity index (χ2v) is 7.83. The molecule has 28 heavy (non-hydrogen) atoms. The molecule has 2 heterocycles. The van der Waals surface area contributed by atoms with Crippen LogP contribution in [0.5, 0.6) is 0 Å². The number of nitrogens with zero attached hydrogens (tertiary/aromatic N) is 3. The zero-order valence-corrected chi connectivity index (χ0v) is 17.2. The number of amides is 2. The molecule has 1 aliphatic rings. The van der Waals surface area contributed by atoms with E-state index in [1.54, 1.807) is 29.2 Å². The third-order valence-electron chi connectivity index (χ3n) is 5.12. The van der Waals surface area contributed by atoms with Crippen LogP contribution in [0.25, 0.3) is 0 Å². The first-order chi connectivity index (χ1) is 13.4. The number of aryl methyl sites for hydroxylation is 3. The van der Waals surface area contributed by atoms with Gasteiger partial charge >= 0.3 is 0 Å². The lowest BCUT2D eigenvalue weighted by Gasteiger charge is -2.32. The maximum absolute atomic E-state index is 12.7. The molecule has 1 aliphatic heterocycles. The molecule has 7 heteroatoms. The van der Waals surface area contributed by atoms with E-state index in [0.717, 1.165) is 37.2 Å². The summed E-state index contributed by atoms with van der Waals surface area (Å²) in [5.41, 5.74) is 2.75. The molecular formula is C21H27ClN4O2. The molecule has 1 atom stereocenters. The Morgan fingerprint density at radius 3 is 2.68 bits per heavy atom. The lowest BCUT2D eigenvalue weighted by atomic mass is 9.96. The van der Waals surface area contributed by atoms with E-state index in [2.05, 4.69) is 10.4 Å². The van der Waals surface area contributed by atoms with E-state index in [0.29, 0.717) is 30.2 Å². The highest BCUT2D eigenvalue weighted by atomic mass is 35.5. The van der Waals surface area contributed by atoms with Crippen molar-refractivity contribution in [1.29, 1.82) is 0 Å². The van der Waals surface area contributed by atoms with Crippen LogP contribution in [0.1, 0.15) is 41.0 Å². The first-order valence-corrected chi connectivity index (χ1v) is 10.2. The number of nitrogens with one attached hydrogen (secondary N) is 1. The first-order valence-electron chi connectivity index (χ1n) is 9.77. The lowest BCUT2D eigenvalue weighted by Crippen LogP contribution is -2.45. The molecule has 0 unspecified atom stereocenters. The highest BCUT2D eigenvalue weighted by Crippen LogP contribution is 2.20. The Bertz CT molecular complexity index is 831. The highest BCUT2D eigenvalue weighted by Gasteiger charge is 2.28. The molecule has 150 valence electrons. The van der Waals surface area contributed by atoms with Gasteiger partial charge in [0.15, 0.2) is 0 Å². The molecule has 2 aromatic rings. The Hall–Kier alpha value is -2.34. The predicted molar refractivity (Wildman–Crippen MR) is 109 cm³/mol. The number of hydrogen-bond donors (Lipinski definition) is 1. The van der Waals surface area contributed by atoms with Crippen LogP contribution >= 0.6 is 11.6 Å². The molecule has 0 saturated carbocycles. The summed E-state index contributed by atoms with van der Waals surface area (Å²) in [6.45, 7) is 6.55. The van der Waals surface area contributed by atoms with Crippen LogP contribution < -0.4 is 5.32 Å². The Morgan fingerprint density at radius 1 is 1.25 bits per heavy atom. The van der Waals surface area contributed by atoms with Gasteiger partial charge in [0.05, 0.1) is 11.6 Å². The highest BCUT2D eigenvalue weighted by molar-refractivity contribution is 6.30. The lowest BCUT2D eigenvalue weighted by molar-refractivity contribution is -0.126. The van der Waals surface area contributed by atoms with Crippen LogP contribution in [0, 0.1) is 19.8 Å². The van der Waals surface area contributed by atoms with Crippen molar-refractivity contribution in [2.75, 3.05) is 19.6 Å². The topological polar surface area (TPSA) is 67.2 Å². The number of aromatic nitrogens is 2. The third-order valence-corrected chi connectivity index (χ3v) is 5.37. The summed E-state index contributed by atoms with van der Waals surface area (Å²) in [6, 6.07) is 8.94. The molecule has 0 bridgehead atoms. The number of carbonyl (C=O) groups is 2. The Kier molecular flexibility index (Phi) is 6.73. The van der Waals surface area contributed by atoms with Crippen molar-refractivity contribution in [3.63, 3.8) is 0 Å². The Balaban J connectivity index is 1.46. The molecule has 2 amide bonds. The average Bonchev–Trinajstić information content (AvgIpc) is 3.02. The third kappa shape index (κ3) is 5.13. The van der Waals surface area contributed by atoms with Crippen molar-refractivity contribution in [3.8, 4) is 0 Å². The van der Waals surface area contributed by atoms with Gasteiger partial charge in [-0.15, -0.1) is 0 Å². The van der Waals surface area contributed by atoms with Crippen LogP contribution in [0.2, 0.25) is 5.02 Å². The number of halogens is 1. The summed E-state index contributed by atoms with van der Waals surface area (Å²) < 4.78 is 1.97. The maximum atomic E-state index is 12.7. The van der Waals surface area contributed by atoms with Gasteiger partial charge in [-0.25, -0.2) is 0 Å². The second kappa shape index (κ2) is 9.24. The van der Waals surface area contributed by atoms with Crippen molar-refractivity contribution in [2.45, 2.75) is 39.7 Å². The molecule has 1 saturated heterocycles. The van der Waals surface area contributed by atoms with Crippen molar-refractivity contribution in [3.05, 3.63) is 52.3 Å². The zero-order valence-electron chi connectivity index (χ0n) is 16.4. The number of hydrogen-bond acceptors (Lipinski definition) is 3. The van der Waals surface area contributed by atoms with Gasteiger partial charge in [-0.1, -0.05) is 11.6 Å². The van der Waals surface area contributed by atoms with Crippen LogP contribution in [0.3, 0.4) is 0 Å². The molecule has 0 radical (unpaired) electrons. The molecule has 1 aromatic carbocycles. The number of carbonyl (C=O) groups excluding carboxylic acids is 2. The summed E-state index contributed by atoms with van der Waals surface area (Å²) in [4.78, 5) is 27.0. The predicted octanol–water partition coefficient (Wildman–Crippen LogP) is 3.21. The van der Waals surface area contributed by atoms with Gasteiger partial charge in [0.25, 0.3) is 5.91 Å². The van der Waals surface area contributed by atoms with E-state index in [4.69, 9.17) is 11.6 Å². The SMILES string of the molecule is Cc1cc(C)n(CCCNC(=O)[C@H]2CCCN(C(=O)c3ccc(Cl)cc3)C2)n1. The Morgan fingerprint density at radius 2 is 2.00 bits per heavy atom. The standard InChI is InChI=1S/C21H27ClN4O2/c1-15-13-16(2)26(24-15)12-4-10-23-20(27)18-5-3-11-25(14-18)21(28)17-6-8-19(22)9-7-17/h6-9,13,18H,3-5,10-12,14H2,1-2H3,(H,23,27)/t18-/m0/s1. The first kappa shape index (κ1) is 20.4. The van der Waals surface area contributed by atoms with E-state index < -0.39 is 0 Å². The van der Waals surface area contributed by atoms with Crippen molar-refractivity contribution < 1.29 is 9.59 Å². The molecule has 1 fully saturated rings. The van der Waals surface area contributed by atoms with Gasteiger partial charge in [-0.2, -0.15) is 5.10 Å². The smallest absolute Gasteiger partial charge is 0.253 e. The van der Waals surface area contributed by atoms with Crippen molar-refractivity contribution >= 4 is 23.4 Å². The van der Waals surface area contributed by atoms with Crippen LogP contribution in [0.4, 0.5) is 0 Å². The normalized spacial score (nSPS) is 16.8. The van der Waals surface area contributed by atoms with Gasteiger partial charge in [0, 0.05) is 42.5 Å². The summed E-state index contributed by atoms with van der Waals surface area (Å²) in [5, 5.41) is 8.06. The number of rotatable bonds is 6. The average molecular weight is 403 g/mol. The molecule has 1 aromatic heterocycles. The Labute approximate surface area is 170 Å². The van der Waals surface area contributed by atoms with Crippen LogP contribution in [0.15, 0.2) is 30.3 Å². The molecule has 3 rings (SSSR count). The van der Waals surface area contributed by atoms with Crippen LogP contribution in [-0.4, -0.2) is 46.1 Å². The van der Waals surface area contributed by atoms with Gasteiger partial charge in [0.1, 0.15) is 0 Å². The van der Waals surface area contributed by atoms with E-state index >= 15 is 0 Å². The summed E-state index contributed by atoms with van der Waals surface area (Å²) in [6.07, 6.45) is 2.48. The number of likely N-dealkylation sites (tertiary alicyclic amines) is 1. The summed E-state index contributed by atoms with van der Waals surface area (Å²) in [7, 11) is 0. The van der Waals surface area contributed by atoms with Crippen LogP contribution in [-0.2, 0) is 11.3 Å². The monoisotopic (exact) mass is 402 g/mol. The fraction of sp³-hybridized carbons (Fsp3) is 0.476. The number of benzene rings is 1. The van der Waals surface area contributed by atoms with E-state index in [1.807, 2.05) is 24.6 Å². The van der Waals surface area contributed by atoms with E-state index in [1.165, 1.54) is 0 Å². The maximum Gasteiger partial charge on any atom is 0.253 e. The van der Waals surface area contributed by atoms with Gasteiger partial charge < -0.3 is 10.2 Å². The largest absolute Gasteiger partial charge is 0.356 e. The molecule has 0 aliphatic carbocycles. The minimum Gasteiger partial charge on any atom is -0.356 e. The van der Waals surface area contributed by atoms with Gasteiger partial charge in [-0.3, -0.25) is 14.3 Å². The van der Waals surface area contributed by atoms with E-state index in [-0.39, 0.29) is 17.7 Å². The van der Waals surface area contributed by atoms with Crippen molar-refractivity contribution in [2.24, 2.45) is 5.92 Å². The molecule has 1 N–H and O–H groups in total. The second-order valence-electron chi connectivity index (χ2n) is 7.39. The summed E-state index contributed by atoms with van der Waals surface area (Å²) >= 11 is 5.89. The van der Waals surface area contributed by atoms with Gasteiger partial charge in [-0.05, 0) is 63.4 Å². The fourth-order valence-electron chi connectivity index (χ4n) is 3.64. The zero-order chi connectivity index (χ0) is 20.1. The minimum absolute atomic E-state index is 0.0296. The quantitative estimate of drug-likeness (QED) is 0.754. The van der Waals surface area contributed by atoms with Crippen molar-refractivity contribution in [1.82, 2.24) is 20.0 Å². The minimum atomic E-state index is -0.154.